The quantitative estimate of drug-likeness (QED) is 0.809. The van der Waals surface area contributed by atoms with Crippen molar-refractivity contribution in [1.82, 2.24) is 20.0 Å². The number of carbonyl (C=O) groups is 1. The lowest BCUT2D eigenvalue weighted by atomic mass is 9.80. The summed E-state index contributed by atoms with van der Waals surface area (Å²) < 4.78 is 0. The molecule has 0 aromatic carbocycles. The Morgan fingerprint density at radius 1 is 1.12 bits per heavy atom. The molecule has 1 heterocycles. The Hall–Kier alpha value is -0.810. The van der Waals surface area contributed by atoms with Crippen LogP contribution in [0.4, 0.5) is 4.79 Å². The molecular formula is C19H38N4O. The summed E-state index contributed by atoms with van der Waals surface area (Å²) in [4.78, 5) is 19.1. The van der Waals surface area contributed by atoms with Crippen LogP contribution in [-0.2, 0) is 0 Å². The number of hydrogen-bond donors (Lipinski definition) is 1. The van der Waals surface area contributed by atoms with Crippen molar-refractivity contribution >= 4 is 6.03 Å². The molecule has 0 unspecified atom stereocenters. The van der Waals surface area contributed by atoms with Crippen molar-refractivity contribution in [2.24, 2.45) is 11.8 Å². The van der Waals surface area contributed by atoms with Gasteiger partial charge >= 0.3 is 6.03 Å². The summed E-state index contributed by atoms with van der Waals surface area (Å²) in [6.07, 6.45) is 5.87. The van der Waals surface area contributed by atoms with Crippen molar-refractivity contribution in [3.63, 3.8) is 0 Å². The maximum atomic E-state index is 12.3. The summed E-state index contributed by atoms with van der Waals surface area (Å²) >= 11 is 0. The van der Waals surface area contributed by atoms with Crippen molar-refractivity contribution in [2.75, 3.05) is 53.4 Å². The van der Waals surface area contributed by atoms with Gasteiger partial charge in [0.15, 0.2) is 0 Å². The number of carbonyl (C=O) groups excluding carboxylic acids is 1. The van der Waals surface area contributed by atoms with Gasteiger partial charge in [-0.05, 0) is 57.5 Å². The van der Waals surface area contributed by atoms with E-state index < -0.39 is 0 Å². The van der Waals surface area contributed by atoms with Gasteiger partial charge in [-0.15, -0.1) is 0 Å². The van der Waals surface area contributed by atoms with E-state index in [9.17, 15) is 4.79 Å². The SMILES string of the molecule is CC(C)C1CCC(NC(=O)N(C)CCCN2CCN(C)CC2)CC1. The molecule has 0 radical (unpaired) electrons. The minimum atomic E-state index is 0.112. The lowest BCUT2D eigenvalue weighted by molar-refractivity contribution is 0.147. The topological polar surface area (TPSA) is 38.8 Å². The second-order valence-corrected chi connectivity index (χ2v) is 8.23. The second-order valence-electron chi connectivity index (χ2n) is 8.23. The molecule has 0 aromatic rings. The highest BCUT2D eigenvalue weighted by atomic mass is 16.2. The van der Waals surface area contributed by atoms with Crippen LogP contribution in [0.25, 0.3) is 0 Å². The Bertz CT molecular complexity index is 372. The molecular weight excluding hydrogens is 300 g/mol. The molecule has 140 valence electrons. The zero-order valence-electron chi connectivity index (χ0n) is 16.3. The summed E-state index contributed by atoms with van der Waals surface area (Å²) in [5, 5.41) is 3.24. The number of amides is 2. The normalized spacial score (nSPS) is 26.5. The van der Waals surface area contributed by atoms with E-state index in [1.54, 1.807) is 0 Å². The van der Waals surface area contributed by atoms with Gasteiger partial charge in [0.05, 0.1) is 0 Å². The van der Waals surface area contributed by atoms with E-state index in [-0.39, 0.29) is 6.03 Å². The van der Waals surface area contributed by atoms with E-state index in [0.29, 0.717) is 6.04 Å². The van der Waals surface area contributed by atoms with E-state index >= 15 is 0 Å². The first kappa shape index (κ1) is 19.5. The van der Waals surface area contributed by atoms with Crippen molar-refractivity contribution in [3.05, 3.63) is 0 Å². The molecule has 0 atom stereocenters. The van der Waals surface area contributed by atoms with Gasteiger partial charge in [0.1, 0.15) is 0 Å². The van der Waals surface area contributed by atoms with Gasteiger partial charge in [-0.25, -0.2) is 4.79 Å². The Morgan fingerprint density at radius 3 is 2.33 bits per heavy atom. The van der Waals surface area contributed by atoms with E-state index in [1.165, 1.54) is 12.8 Å². The third-order valence-corrected chi connectivity index (χ3v) is 5.95. The lowest BCUT2D eigenvalue weighted by Gasteiger charge is -2.33. The molecule has 2 amide bonds. The van der Waals surface area contributed by atoms with Crippen LogP contribution in [0.15, 0.2) is 0 Å². The summed E-state index contributed by atoms with van der Waals surface area (Å²) in [7, 11) is 4.11. The number of urea groups is 1. The molecule has 1 saturated heterocycles. The fourth-order valence-corrected chi connectivity index (χ4v) is 3.92. The molecule has 0 bridgehead atoms. The highest BCUT2D eigenvalue weighted by Gasteiger charge is 2.25. The van der Waals surface area contributed by atoms with Crippen LogP contribution in [0.1, 0.15) is 46.0 Å². The monoisotopic (exact) mass is 338 g/mol. The van der Waals surface area contributed by atoms with Gasteiger partial charge in [-0.2, -0.15) is 0 Å². The number of likely N-dealkylation sites (N-methyl/N-ethyl adjacent to an activating group) is 1. The molecule has 0 spiro atoms. The number of piperazine rings is 1. The Morgan fingerprint density at radius 2 is 1.75 bits per heavy atom. The molecule has 2 fully saturated rings. The number of rotatable bonds is 6. The third-order valence-electron chi connectivity index (χ3n) is 5.95. The smallest absolute Gasteiger partial charge is 0.317 e. The fraction of sp³-hybridized carbons (Fsp3) is 0.947. The molecule has 1 N–H and O–H groups in total. The minimum Gasteiger partial charge on any atom is -0.335 e. The van der Waals surface area contributed by atoms with E-state index in [0.717, 1.165) is 70.4 Å². The highest BCUT2D eigenvalue weighted by molar-refractivity contribution is 5.74. The van der Waals surface area contributed by atoms with Gasteiger partial charge in [-0.1, -0.05) is 13.8 Å². The summed E-state index contributed by atoms with van der Waals surface area (Å²) in [6, 6.07) is 0.494. The van der Waals surface area contributed by atoms with Crippen molar-refractivity contribution < 1.29 is 4.79 Å². The van der Waals surface area contributed by atoms with Crippen LogP contribution >= 0.6 is 0 Å². The standard InChI is InChI=1S/C19H38N4O/c1-16(2)17-6-8-18(9-7-17)20-19(24)22(4)10-5-11-23-14-12-21(3)13-15-23/h16-18H,5-15H2,1-4H3,(H,20,24). The number of nitrogens with one attached hydrogen (secondary N) is 1. The molecule has 5 heteroatoms. The van der Waals surface area contributed by atoms with Crippen LogP contribution in [0, 0.1) is 11.8 Å². The Labute approximate surface area is 148 Å². The molecule has 1 aliphatic carbocycles. The van der Waals surface area contributed by atoms with Crippen molar-refractivity contribution in [3.8, 4) is 0 Å². The maximum Gasteiger partial charge on any atom is 0.317 e. The summed E-state index contributed by atoms with van der Waals surface area (Å²) in [5.41, 5.74) is 0. The van der Waals surface area contributed by atoms with Crippen LogP contribution in [0.2, 0.25) is 0 Å². The Kier molecular flexibility index (Phi) is 7.82. The summed E-state index contributed by atoms with van der Waals surface area (Å²) in [6.45, 7) is 11.2. The fourth-order valence-electron chi connectivity index (χ4n) is 3.92. The molecule has 1 aliphatic heterocycles. The molecule has 5 nitrogen and oxygen atoms in total. The van der Waals surface area contributed by atoms with Gasteiger partial charge in [0, 0.05) is 45.8 Å². The summed E-state index contributed by atoms with van der Waals surface area (Å²) in [5.74, 6) is 1.62. The number of nitrogens with zero attached hydrogens (tertiary/aromatic N) is 3. The van der Waals surface area contributed by atoms with Gasteiger partial charge in [0.25, 0.3) is 0 Å². The van der Waals surface area contributed by atoms with Crippen LogP contribution in [-0.4, -0.2) is 80.1 Å². The average Bonchev–Trinajstić information content (AvgIpc) is 2.57. The van der Waals surface area contributed by atoms with E-state index in [4.69, 9.17) is 0 Å². The maximum absolute atomic E-state index is 12.3. The first-order chi connectivity index (χ1) is 11.5. The lowest BCUT2D eigenvalue weighted by Crippen LogP contribution is -2.47. The van der Waals surface area contributed by atoms with E-state index in [1.807, 2.05) is 11.9 Å². The predicted octanol–water partition coefficient (Wildman–Crippen LogP) is 2.48. The van der Waals surface area contributed by atoms with Gasteiger partial charge in [-0.3, -0.25) is 0 Å². The number of hydrogen-bond acceptors (Lipinski definition) is 3. The highest BCUT2D eigenvalue weighted by Crippen LogP contribution is 2.29. The third kappa shape index (κ3) is 6.25. The largest absolute Gasteiger partial charge is 0.335 e. The van der Waals surface area contributed by atoms with Crippen LogP contribution in [0.3, 0.4) is 0 Å². The first-order valence-electron chi connectivity index (χ1n) is 9.88. The van der Waals surface area contributed by atoms with Crippen LogP contribution in [0.5, 0.6) is 0 Å². The second kappa shape index (κ2) is 9.62. The van der Waals surface area contributed by atoms with E-state index in [2.05, 4.69) is 36.0 Å². The Balaban J connectivity index is 1.59. The molecule has 0 aromatic heterocycles. The molecule has 2 aliphatic rings. The van der Waals surface area contributed by atoms with Crippen LogP contribution < -0.4 is 5.32 Å². The average molecular weight is 339 g/mol. The van der Waals surface area contributed by atoms with Gasteiger partial charge < -0.3 is 20.0 Å². The zero-order chi connectivity index (χ0) is 17.5. The van der Waals surface area contributed by atoms with Crippen molar-refractivity contribution in [1.29, 1.82) is 0 Å². The zero-order valence-corrected chi connectivity index (χ0v) is 16.3. The minimum absolute atomic E-state index is 0.112. The first-order valence-corrected chi connectivity index (χ1v) is 9.88. The van der Waals surface area contributed by atoms with Crippen molar-refractivity contribution in [2.45, 2.75) is 52.0 Å². The molecule has 1 saturated carbocycles. The molecule has 2 rings (SSSR count). The van der Waals surface area contributed by atoms with Gasteiger partial charge in [0.2, 0.25) is 0 Å². The molecule has 24 heavy (non-hydrogen) atoms. The predicted molar refractivity (Wildman–Crippen MR) is 100 cm³/mol.